The van der Waals surface area contributed by atoms with Crippen LogP contribution in [0.3, 0.4) is 0 Å². The molecule has 0 bridgehead atoms. The molecule has 0 saturated heterocycles. The van der Waals surface area contributed by atoms with Crippen molar-refractivity contribution in [1.82, 2.24) is 4.98 Å². The van der Waals surface area contributed by atoms with Gasteiger partial charge in [0, 0.05) is 10.9 Å². The van der Waals surface area contributed by atoms with Crippen LogP contribution in [-0.4, -0.2) is 35.6 Å². The summed E-state index contributed by atoms with van der Waals surface area (Å²) in [7, 11) is 0. The first kappa shape index (κ1) is 15.6. The van der Waals surface area contributed by atoms with E-state index in [1.54, 1.807) is 11.3 Å². The molecular weight excluding hydrogens is 292 g/mol. The number of esters is 1. The molecule has 1 heterocycles. The van der Waals surface area contributed by atoms with Crippen LogP contribution in [0.2, 0.25) is 0 Å². The van der Waals surface area contributed by atoms with E-state index in [4.69, 9.17) is 4.74 Å². The maximum atomic E-state index is 11.9. The van der Waals surface area contributed by atoms with Crippen LogP contribution in [0.4, 0.5) is 5.13 Å². The number of carbonyl (C=O) groups is 1. The quantitative estimate of drug-likeness (QED) is 0.783. The molecule has 0 aromatic carbocycles. The minimum Gasteiger partial charge on any atom is -0.465 e. The van der Waals surface area contributed by atoms with Gasteiger partial charge >= 0.3 is 5.97 Å². The Kier molecular flexibility index (Phi) is 5.72. The van der Waals surface area contributed by atoms with Gasteiger partial charge in [-0.2, -0.15) is 11.8 Å². The van der Waals surface area contributed by atoms with Gasteiger partial charge in [0.2, 0.25) is 0 Å². The molecule has 0 aliphatic heterocycles. The normalized spacial score (nSPS) is 18.6. The Hall–Kier alpha value is -0.750. The fourth-order valence-corrected chi connectivity index (χ4v) is 4.08. The summed E-state index contributed by atoms with van der Waals surface area (Å²) < 4.78 is 5.13. The lowest BCUT2D eigenvalue weighted by atomic mass is 10.1. The second kappa shape index (κ2) is 7.31. The molecule has 2 unspecified atom stereocenters. The highest BCUT2D eigenvalue weighted by Crippen LogP contribution is 2.39. The van der Waals surface area contributed by atoms with E-state index in [2.05, 4.69) is 23.5 Å². The molecule has 112 valence electrons. The third kappa shape index (κ3) is 3.67. The summed E-state index contributed by atoms with van der Waals surface area (Å²) >= 11 is 3.54. The van der Waals surface area contributed by atoms with Gasteiger partial charge in [0.25, 0.3) is 0 Å². The first-order valence-corrected chi connectivity index (χ1v) is 9.28. The van der Waals surface area contributed by atoms with Crippen molar-refractivity contribution in [1.29, 1.82) is 0 Å². The Labute approximate surface area is 128 Å². The second-order valence-electron chi connectivity index (χ2n) is 5.00. The molecule has 0 radical (unpaired) electrons. The third-order valence-corrected chi connectivity index (χ3v) is 5.12. The van der Waals surface area contributed by atoms with E-state index in [0.717, 1.165) is 35.8 Å². The SMILES string of the molecule is CCOC(=O)C1CCc2sc(NC(C)CCSC)nc21. The predicted molar refractivity (Wildman–Crippen MR) is 85.9 cm³/mol. The minimum absolute atomic E-state index is 0.126. The van der Waals surface area contributed by atoms with Gasteiger partial charge in [-0.15, -0.1) is 11.3 Å². The predicted octanol–water partition coefficient (Wildman–Crippen LogP) is 3.29. The smallest absolute Gasteiger partial charge is 0.315 e. The fraction of sp³-hybridized carbons (Fsp3) is 0.714. The minimum atomic E-state index is -0.154. The van der Waals surface area contributed by atoms with E-state index in [9.17, 15) is 4.79 Å². The van der Waals surface area contributed by atoms with E-state index in [1.165, 1.54) is 4.88 Å². The lowest BCUT2D eigenvalue weighted by molar-refractivity contribution is -0.145. The average Bonchev–Trinajstić information content (AvgIpc) is 2.96. The summed E-state index contributed by atoms with van der Waals surface area (Å²) in [5.41, 5.74) is 0.938. The van der Waals surface area contributed by atoms with Crippen molar-refractivity contribution in [3.63, 3.8) is 0 Å². The van der Waals surface area contributed by atoms with Crippen LogP contribution in [0.1, 0.15) is 43.2 Å². The number of aromatic nitrogens is 1. The first-order valence-electron chi connectivity index (χ1n) is 7.07. The maximum Gasteiger partial charge on any atom is 0.315 e. The van der Waals surface area contributed by atoms with Gasteiger partial charge in [-0.1, -0.05) is 0 Å². The summed E-state index contributed by atoms with van der Waals surface area (Å²) in [6, 6.07) is 0.412. The molecule has 1 aromatic heterocycles. The maximum absolute atomic E-state index is 11.9. The molecule has 0 fully saturated rings. The summed E-state index contributed by atoms with van der Waals surface area (Å²) in [6.07, 6.45) is 5.02. The summed E-state index contributed by atoms with van der Waals surface area (Å²) in [5, 5.41) is 4.38. The second-order valence-corrected chi connectivity index (χ2v) is 7.07. The standard InChI is InChI=1S/C14H22N2O2S2/c1-4-18-13(17)10-5-6-11-12(10)16-14(20-11)15-9(2)7-8-19-3/h9-10H,4-8H2,1-3H3,(H,15,16). The number of carbonyl (C=O) groups excluding carboxylic acids is 1. The van der Waals surface area contributed by atoms with Gasteiger partial charge in [0.05, 0.1) is 12.3 Å². The van der Waals surface area contributed by atoms with Crippen LogP contribution in [0, 0.1) is 0 Å². The Morgan fingerprint density at radius 1 is 1.65 bits per heavy atom. The lowest BCUT2D eigenvalue weighted by Crippen LogP contribution is -2.17. The van der Waals surface area contributed by atoms with Crippen LogP contribution < -0.4 is 5.32 Å². The molecule has 20 heavy (non-hydrogen) atoms. The van der Waals surface area contributed by atoms with Crippen LogP contribution in [0.15, 0.2) is 0 Å². The lowest BCUT2D eigenvalue weighted by Gasteiger charge is -2.12. The monoisotopic (exact) mass is 314 g/mol. The number of nitrogens with one attached hydrogen (secondary N) is 1. The number of aryl methyl sites for hydroxylation is 1. The van der Waals surface area contributed by atoms with Crippen LogP contribution in [-0.2, 0) is 16.0 Å². The fourth-order valence-electron chi connectivity index (χ4n) is 2.34. The van der Waals surface area contributed by atoms with E-state index >= 15 is 0 Å². The molecule has 1 aliphatic carbocycles. The number of anilines is 1. The molecule has 4 nitrogen and oxygen atoms in total. The number of rotatable bonds is 7. The largest absolute Gasteiger partial charge is 0.465 e. The van der Waals surface area contributed by atoms with Crippen molar-refractivity contribution in [2.45, 2.75) is 45.1 Å². The van der Waals surface area contributed by atoms with Gasteiger partial charge in [-0.3, -0.25) is 4.79 Å². The number of thiazole rings is 1. The molecule has 1 aliphatic rings. The Balaban J connectivity index is 1.99. The highest BCUT2D eigenvalue weighted by atomic mass is 32.2. The average molecular weight is 314 g/mol. The highest BCUT2D eigenvalue weighted by Gasteiger charge is 2.33. The Bertz CT molecular complexity index is 462. The molecule has 1 aromatic rings. The van der Waals surface area contributed by atoms with E-state index < -0.39 is 0 Å². The molecule has 0 spiro atoms. The van der Waals surface area contributed by atoms with Crippen molar-refractivity contribution in [2.75, 3.05) is 23.9 Å². The topological polar surface area (TPSA) is 51.2 Å². The van der Waals surface area contributed by atoms with Crippen molar-refractivity contribution in [3.8, 4) is 0 Å². The third-order valence-electron chi connectivity index (χ3n) is 3.41. The number of thioether (sulfide) groups is 1. The van der Waals surface area contributed by atoms with Gasteiger partial charge < -0.3 is 10.1 Å². The van der Waals surface area contributed by atoms with E-state index in [1.807, 2.05) is 18.7 Å². The molecule has 0 amide bonds. The molecule has 2 atom stereocenters. The Morgan fingerprint density at radius 3 is 3.15 bits per heavy atom. The highest BCUT2D eigenvalue weighted by molar-refractivity contribution is 7.98. The number of hydrogen-bond donors (Lipinski definition) is 1. The summed E-state index contributed by atoms with van der Waals surface area (Å²) in [4.78, 5) is 17.8. The summed E-state index contributed by atoms with van der Waals surface area (Å²) in [5.74, 6) is 0.863. The van der Waals surface area contributed by atoms with Crippen LogP contribution >= 0.6 is 23.1 Å². The van der Waals surface area contributed by atoms with Crippen LogP contribution in [0.5, 0.6) is 0 Å². The van der Waals surface area contributed by atoms with Gasteiger partial charge in [0.15, 0.2) is 5.13 Å². The van der Waals surface area contributed by atoms with Gasteiger partial charge in [-0.05, 0) is 45.1 Å². The number of nitrogens with zero attached hydrogens (tertiary/aromatic N) is 1. The van der Waals surface area contributed by atoms with Crippen molar-refractivity contribution in [3.05, 3.63) is 10.6 Å². The van der Waals surface area contributed by atoms with Crippen molar-refractivity contribution in [2.24, 2.45) is 0 Å². The van der Waals surface area contributed by atoms with Gasteiger partial charge in [-0.25, -0.2) is 4.98 Å². The zero-order valence-electron chi connectivity index (χ0n) is 12.3. The van der Waals surface area contributed by atoms with E-state index in [0.29, 0.717) is 12.6 Å². The molecule has 1 N–H and O–H groups in total. The van der Waals surface area contributed by atoms with E-state index in [-0.39, 0.29) is 11.9 Å². The number of ether oxygens (including phenoxy) is 1. The molecule has 2 rings (SSSR count). The van der Waals surface area contributed by atoms with Crippen molar-refractivity contribution < 1.29 is 9.53 Å². The Morgan fingerprint density at radius 2 is 2.45 bits per heavy atom. The number of hydrogen-bond acceptors (Lipinski definition) is 6. The zero-order chi connectivity index (χ0) is 14.5. The zero-order valence-corrected chi connectivity index (χ0v) is 13.9. The molecular formula is C14H22N2O2S2. The van der Waals surface area contributed by atoms with Crippen molar-refractivity contribution >= 4 is 34.2 Å². The molecule has 6 heteroatoms. The summed E-state index contributed by atoms with van der Waals surface area (Å²) in [6.45, 7) is 4.45. The van der Waals surface area contributed by atoms with Gasteiger partial charge in [0.1, 0.15) is 5.92 Å². The molecule has 0 saturated carbocycles. The first-order chi connectivity index (χ1) is 9.65. The van der Waals surface area contributed by atoms with Crippen LogP contribution in [0.25, 0.3) is 0 Å². The number of fused-ring (bicyclic) bond motifs is 1.